The van der Waals surface area contributed by atoms with E-state index in [-0.39, 0.29) is 5.78 Å². The zero-order valence-corrected chi connectivity index (χ0v) is 13.0. The fourth-order valence-electron chi connectivity index (χ4n) is 1.91. The predicted molar refractivity (Wildman–Crippen MR) is 84.5 cm³/mol. The molecule has 0 saturated carbocycles. The van der Waals surface area contributed by atoms with Gasteiger partial charge in [0, 0.05) is 27.8 Å². The smallest absolute Gasteiger partial charge is 0.159 e. The number of halogens is 1. The molecule has 2 aromatic rings. The lowest BCUT2D eigenvalue weighted by molar-refractivity contribution is 0.101. The number of hydrogen-bond donors (Lipinski definition) is 1. The molecule has 4 heteroatoms. The fraction of sp³-hybridized carbons (Fsp3) is 0.188. The maximum absolute atomic E-state index is 11.2. The Bertz CT molecular complexity index is 608. The van der Waals surface area contributed by atoms with Gasteiger partial charge in [-0.25, -0.2) is 0 Å². The third-order valence-corrected chi connectivity index (χ3v) is 3.51. The standard InChI is InChI=1S/C16H16BrNO2/c1-11(19)12-3-6-15(7-4-12)18-10-13-9-14(17)5-8-16(13)20-2/h3-9,18H,10H2,1-2H3. The molecule has 0 amide bonds. The number of Topliss-reactive ketones (excluding diaryl/α,β-unsaturated/α-hetero) is 1. The summed E-state index contributed by atoms with van der Waals surface area (Å²) in [5.41, 5.74) is 2.75. The maximum Gasteiger partial charge on any atom is 0.159 e. The van der Waals surface area contributed by atoms with E-state index in [1.165, 1.54) is 0 Å². The SMILES string of the molecule is COc1ccc(Br)cc1CNc1ccc(C(C)=O)cc1. The monoisotopic (exact) mass is 333 g/mol. The first-order chi connectivity index (χ1) is 9.60. The largest absolute Gasteiger partial charge is 0.496 e. The Morgan fingerprint density at radius 3 is 2.50 bits per heavy atom. The second-order valence-corrected chi connectivity index (χ2v) is 5.36. The topological polar surface area (TPSA) is 38.3 Å². The van der Waals surface area contributed by atoms with E-state index >= 15 is 0 Å². The van der Waals surface area contributed by atoms with Gasteiger partial charge in [-0.05, 0) is 49.4 Å². The lowest BCUT2D eigenvalue weighted by Crippen LogP contribution is -2.02. The van der Waals surface area contributed by atoms with Crippen molar-refractivity contribution < 1.29 is 9.53 Å². The molecular weight excluding hydrogens is 318 g/mol. The van der Waals surface area contributed by atoms with Gasteiger partial charge in [0.15, 0.2) is 5.78 Å². The van der Waals surface area contributed by atoms with Gasteiger partial charge >= 0.3 is 0 Å². The zero-order chi connectivity index (χ0) is 14.5. The van der Waals surface area contributed by atoms with Crippen LogP contribution in [-0.2, 0) is 6.54 Å². The number of ketones is 1. The molecule has 0 saturated heterocycles. The first kappa shape index (κ1) is 14.6. The maximum atomic E-state index is 11.2. The number of methoxy groups -OCH3 is 1. The van der Waals surface area contributed by atoms with Gasteiger partial charge in [0.1, 0.15) is 5.75 Å². The molecule has 0 aliphatic rings. The second kappa shape index (κ2) is 6.57. The summed E-state index contributed by atoms with van der Waals surface area (Å²) in [7, 11) is 1.66. The molecule has 0 unspecified atom stereocenters. The van der Waals surface area contributed by atoms with E-state index in [0.717, 1.165) is 27.0 Å². The summed E-state index contributed by atoms with van der Waals surface area (Å²) >= 11 is 3.46. The zero-order valence-electron chi connectivity index (χ0n) is 11.4. The van der Waals surface area contributed by atoms with E-state index in [0.29, 0.717) is 6.54 Å². The Labute approximate surface area is 127 Å². The Kier molecular flexibility index (Phi) is 4.79. The summed E-state index contributed by atoms with van der Waals surface area (Å²) in [4.78, 5) is 11.2. The number of rotatable bonds is 5. The fourth-order valence-corrected chi connectivity index (χ4v) is 2.31. The van der Waals surface area contributed by atoms with Crippen LogP contribution in [0.4, 0.5) is 5.69 Å². The van der Waals surface area contributed by atoms with Crippen LogP contribution in [0.25, 0.3) is 0 Å². The van der Waals surface area contributed by atoms with Crippen LogP contribution in [0.1, 0.15) is 22.8 Å². The van der Waals surface area contributed by atoms with Crippen LogP contribution in [0.3, 0.4) is 0 Å². The van der Waals surface area contributed by atoms with Crippen molar-refractivity contribution in [3.63, 3.8) is 0 Å². The van der Waals surface area contributed by atoms with E-state index in [4.69, 9.17) is 4.74 Å². The summed E-state index contributed by atoms with van der Waals surface area (Å²) in [6.07, 6.45) is 0. The summed E-state index contributed by atoms with van der Waals surface area (Å²) in [5.74, 6) is 0.922. The molecule has 2 aromatic carbocycles. The minimum absolute atomic E-state index is 0.0743. The van der Waals surface area contributed by atoms with E-state index in [2.05, 4.69) is 21.2 Å². The van der Waals surface area contributed by atoms with Crippen LogP contribution in [0.2, 0.25) is 0 Å². The van der Waals surface area contributed by atoms with Crippen molar-refractivity contribution in [3.05, 3.63) is 58.1 Å². The van der Waals surface area contributed by atoms with Gasteiger partial charge < -0.3 is 10.1 Å². The van der Waals surface area contributed by atoms with E-state index in [1.807, 2.05) is 42.5 Å². The first-order valence-electron chi connectivity index (χ1n) is 6.27. The molecule has 0 bridgehead atoms. The van der Waals surface area contributed by atoms with Gasteiger partial charge in [-0.15, -0.1) is 0 Å². The minimum Gasteiger partial charge on any atom is -0.496 e. The molecule has 0 aromatic heterocycles. The van der Waals surface area contributed by atoms with Gasteiger partial charge in [0.05, 0.1) is 7.11 Å². The van der Waals surface area contributed by atoms with Crippen molar-refractivity contribution in [3.8, 4) is 5.75 Å². The Morgan fingerprint density at radius 1 is 1.20 bits per heavy atom. The normalized spacial score (nSPS) is 10.2. The highest BCUT2D eigenvalue weighted by atomic mass is 79.9. The molecule has 0 radical (unpaired) electrons. The number of nitrogens with one attached hydrogen (secondary N) is 1. The molecule has 0 fully saturated rings. The van der Waals surface area contributed by atoms with Crippen molar-refractivity contribution in [2.24, 2.45) is 0 Å². The minimum atomic E-state index is 0.0743. The van der Waals surface area contributed by atoms with Crippen molar-refractivity contribution in [2.75, 3.05) is 12.4 Å². The summed E-state index contributed by atoms with van der Waals surface area (Å²) in [6.45, 7) is 2.22. The molecule has 1 N–H and O–H groups in total. The lowest BCUT2D eigenvalue weighted by atomic mass is 10.1. The van der Waals surface area contributed by atoms with Crippen LogP contribution in [0.5, 0.6) is 5.75 Å². The highest BCUT2D eigenvalue weighted by Gasteiger charge is 2.04. The predicted octanol–water partition coefficient (Wildman–Crippen LogP) is 4.27. The molecule has 0 spiro atoms. The average Bonchev–Trinajstić information content (AvgIpc) is 2.45. The van der Waals surface area contributed by atoms with Gasteiger partial charge in [0.2, 0.25) is 0 Å². The number of carbonyl (C=O) groups excluding carboxylic acids is 1. The number of carbonyl (C=O) groups is 1. The van der Waals surface area contributed by atoms with Crippen LogP contribution in [0, 0.1) is 0 Å². The van der Waals surface area contributed by atoms with Crippen LogP contribution in [0.15, 0.2) is 46.9 Å². The molecule has 2 rings (SSSR count). The van der Waals surface area contributed by atoms with Gasteiger partial charge in [-0.2, -0.15) is 0 Å². The van der Waals surface area contributed by atoms with Crippen molar-refractivity contribution in [2.45, 2.75) is 13.5 Å². The van der Waals surface area contributed by atoms with Gasteiger partial charge in [-0.1, -0.05) is 15.9 Å². The average molecular weight is 334 g/mol. The molecule has 0 atom stereocenters. The van der Waals surface area contributed by atoms with E-state index < -0.39 is 0 Å². The van der Waals surface area contributed by atoms with Crippen molar-refractivity contribution in [1.29, 1.82) is 0 Å². The molecule has 0 heterocycles. The number of hydrogen-bond acceptors (Lipinski definition) is 3. The van der Waals surface area contributed by atoms with Crippen molar-refractivity contribution in [1.82, 2.24) is 0 Å². The van der Waals surface area contributed by atoms with Crippen LogP contribution in [-0.4, -0.2) is 12.9 Å². The van der Waals surface area contributed by atoms with E-state index in [9.17, 15) is 4.79 Å². The number of ether oxygens (including phenoxy) is 1. The highest BCUT2D eigenvalue weighted by molar-refractivity contribution is 9.10. The van der Waals surface area contributed by atoms with Gasteiger partial charge in [0.25, 0.3) is 0 Å². The molecular formula is C16H16BrNO2. The first-order valence-corrected chi connectivity index (χ1v) is 7.06. The van der Waals surface area contributed by atoms with Crippen LogP contribution >= 0.6 is 15.9 Å². The lowest BCUT2D eigenvalue weighted by Gasteiger charge is -2.11. The highest BCUT2D eigenvalue weighted by Crippen LogP contribution is 2.24. The molecule has 0 aliphatic heterocycles. The Hall–Kier alpha value is -1.81. The number of benzene rings is 2. The van der Waals surface area contributed by atoms with Crippen molar-refractivity contribution >= 4 is 27.4 Å². The molecule has 20 heavy (non-hydrogen) atoms. The molecule has 3 nitrogen and oxygen atoms in total. The van der Waals surface area contributed by atoms with Crippen LogP contribution < -0.4 is 10.1 Å². The second-order valence-electron chi connectivity index (χ2n) is 4.44. The molecule has 0 aliphatic carbocycles. The van der Waals surface area contributed by atoms with E-state index in [1.54, 1.807) is 14.0 Å². The quantitative estimate of drug-likeness (QED) is 0.830. The Balaban J connectivity index is 2.08. The Morgan fingerprint density at radius 2 is 1.90 bits per heavy atom. The summed E-state index contributed by atoms with van der Waals surface area (Å²) in [5, 5.41) is 3.32. The third kappa shape index (κ3) is 3.61. The van der Waals surface area contributed by atoms with Gasteiger partial charge in [-0.3, -0.25) is 4.79 Å². The summed E-state index contributed by atoms with van der Waals surface area (Å²) in [6, 6.07) is 13.4. The summed E-state index contributed by atoms with van der Waals surface area (Å²) < 4.78 is 6.35. The number of anilines is 1. The third-order valence-electron chi connectivity index (χ3n) is 3.02. The molecule has 104 valence electrons.